The minimum Gasteiger partial charge on any atom is -0.497 e. The maximum absolute atomic E-state index is 12.0. The Bertz CT molecular complexity index is 559. The number of carbonyl (C=O) groups excluding carboxylic acids is 1. The Kier molecular flexibility index (Phi) is 8.38. The van der Waals surface area contributed by atoms with E-state index in [2.05, 4.69) is 31.2 Å². The standard InChI is InChI=1S/C17H18O2S.C2H6/c1-13-3-5-14(6-4-13)11-20-12-17(18)15-7-9-16(19-2)10-8-15;1-2/h3-10H,11-12H2,1-2H3;1-2H3. The lowest BCUT2D eigenvalue weighted by atomic mass is 10.1. The number of hydrogen-bond acceptors (Lipinski definition) is 3. The van der Waals surface area contributed by atoms with Crippen molar-refractivity contribution >= 4 is 17.5 Å². The van der Waals surface area contributed by atoms with Crippen LogP contribution in [0.5, 0.6) is 5.75 Å². The fraction of sp³-hybridized carbons (Fsp3) is 0.316. The third-order valence-corrected chi connectivity index (χ3v) is 4.04. The SMILES string of the molecule is CC.COc1ccc(C(=O)CSCc2ccc(C)cc2)cc1. The summed E-state index contributed by atoms with van der Waals surface area (Å²) in [6.45, 7) is 6.07. The summed E-state index contributed by atoms with van der Waals surface area (Å²) in [5, 5.41) is 0. The molecule has 2 aromatic rings. The van der Waals surface area contributed by atoms with Crippen LogP contribution in [0.2, 0.25) is 0 Å². The summed E-state index contributed by atoms with van der Waals surface area (Å²) in [5.74, 6) is 2.29. The quantitative estimate of drug-likeness (QED) is 0.690. The molecule has 0 saturated carbocycles. The molecule has 0 aliphatic carbocycles. The Morgan fingerprint density at radius 1 is 1.00 bits per heavy atom. The number of Topliss-reactive ketones (excluding diaryl/α,β-unsaturated/α-hetero) is 1. The first-order valence-electron chi connectivity index (χ1n) is 7.49. The minimum atomic E-state index is 0.157. The van der Waals surface area contributed by atoms with E-state index >= 15 is 0 Å². The number of ether oxygens (including phenoxy) is 1. The minimum absolute atomic E-state index is 0.157. The molecule has 118 valence electrons. The van der Waals surface area contributed by atoms with E-state index in [1.54, 1.807) is 18.9 Å². The van der Waals surface area contributed by atoms with Crippen LogP contribution in [0.15, 0.2) is 48.5 Å². The Labute approximate surface area is 137 Å². The average Bonchev–Trinajstić information content (AvgIpc) is 2.58. The lowest BCUT2D eigenvalue weighted by molar-refractivity contribution is 0.102. The molecule has 0 fully saturated rings. The van der Waals surface area contributed by atoms with Crippen molar-refractivity contribution in [3.05, 3.63) is 65.2 Å². The molecule has 0 unspecified atom stereocenters. The second-order valence-electron chi connectivity index (χ2n) is 4.63. The summed E-state index contributed by atoms with van der Waals surface area (Å²) in [6, 6.07) is 15.7. The van der Waals surface area contributed by atoms with Gasteiger partial charge in [-0.1, -0.05) is 43.7 Å². The predicted molar refractivity (Wildman–Crippen MR) is 96.0 cm³/mol. The van der Waals surface area contributed by atoms with Crippen LogP contribution >= 0.6 is 11.8 Å². The van der Waals surface area contributed by atoms with E-state index in [-0.39, 0.29) is 5.78 Å². The Balaban J connectivity index is 0.00000116. The molecular formula is C19H24O2S. The molecule has 0 atom stereocenters. The number of benzene rings is 2. The van der Waals surface area contributed by atoms with Gasteiger partial charge in [0.15, 0.2) is 5.78 Å². The molecule has 3 heteroatoms. The maximum atomic E-state index is 12.0. The zero-order valence-corrected chi connectivity index (χ0v) is 14.6. The van der Waals surface area contributed by atoms with Gasteiger partial charge in [0.25, 0.3) is 0 Å². The monoisotopic (exact) mass is 316 g/mol. The molecule has 0 heterocycles. The maximum Gasteiger partial charge on any atom is 0.172 e. The van der Waals surface area contributed by atoms with E-state index in [1.165, 1.54) is 11.1 Å². The van der Waals surface area contributed by atoms with Crippen LogP contribution < -0.4 is 4.74 Å². The van der Waals surface area contributed by atoms with Crippen LogP contribution in [-0.2, 0) is 5.75 Å². The summed E-state index contributed by atoms with van der Waals surface area (Å²) in [5.41, 5.74) is 3.25. The summed E-state index contributed by atoms with van der Waals surface area (Å²) in [7, 11) is 1.62. The molecule has 0 aromatic heterocycles. The highest BCUT2D eigenvalue weighted by Gasteiger charge is 2.06. The third kappa shape index (κ3) is 5.94. The molecule has 0 amide bonds. The lowest BCUT2D eigenvalue weighted by Crippen LogP contribution is -2.02. The van der Waals surface area contributed by atoms with Crippen molar-refractivity contribution in [3.8, 4) is 5.75 Å². The van der Waals surface area contributed by atoms with Crippen molar-refractivity contribution in [1.82, 2.24) is 0 Å². The number of methoxy groups -OCH3 is 1. The number of thioether (sulfide) groups is 1. The van der Waals surface area contributed by atoms with Gasteiger partial charge in [0.05, 0.1) is 12.9 Å². The van der Waals surface area contributed by atoms with E-state index in [9.17, 15) is 4.79 Å². The molecular weight excluding hydrogens is 292 g/mol. The smallest absolute Gasteiger partial charge is 0.172 e. The lowest BCUT2D eigenvalue weighted by Gasteiger charge is -2.04. The first-order valence-corrected chi connectivity index (χ1v) is 8.65. The fourth-order valence-corrected chi connectivity index (χ4v) is 2.69. The number of carbonyl (C=O) groups is 1. The molecule has 2 nitrogen and oxygen atoms in total. The van der Waals surface area contributed by atoms with E-state index in [0.717, 1.165) is 17.1 Å². The second-order valence-corrected chi connectivity index (χ2v) is 5.62. The predicted octanol–water partition coefficient (Wildman–Crippen LogP) is 5.15. The van der Waals surface area contributed by atoms with Crippen molar-refractivity contribution < 1.29 is 9.53 Å². The highest BCUT2D eigenvalue weighted by Crippen LogP contribution is 2.16. The van der Waals surface area contributed by atoms with Crippen LogP contribution in [0.4, 0.5) is 0 Å². The van der Waals surface area contributed by atoms with Crippen LogP contribution in [0.3, 0.4) is 0 Å². The van der Waals surface area contributed by atoms with E-state index in [0.29, 0.717) is 5.75 Å². The van der Waals surface area contributed by atoms with Crippen molar-refractivity contribution in [2.24, 2.45) is 0 Å². The second kappa shape index (κ2) is 10.1. The number of rotatable bonds is 6. The van der Waals surface area contributed by atoms with Crippen molar-refractivity contribution in [3.63, 3.8) is 0 Å². The van der Waals surface area contributed by atoms with Gasteiger partial charge in [-0.25, -0.2) is 0 Å². The van der Waals surface area contributed by atoms with Gasteiger partial charge < -0.3 is 4.74 Å². The van der Waals surface area contributed by atoms with Crippen LogP contribution in [-0.4, -0.2) is 18.6 Å². The molecule has 2 aromatic carbocycles. The normalized spacial score (nSPS) is 9.64. The largest absolute Gasteiger partial charge is 0.497 e. The molecule has 2 rings (SSSR count). The zero-order valence-electron chi connectivity index (χ0n) is 13.8. The summed E-state index contributed by atoms with van der Waals surface area (Å²) < 4.78 is 5.08. The van der Waals surface area contributed by atoms with Gasteiger partial charge in [0.1, 0.15) is 5.75 Å². The van der Waals surface area contributed by atoms with Crippen molar-refractivity contribution in [2.75, 3.05) is 12.9 Å². The van der Waals surface area contributed by atoms with Gasteiger partial charge in [0, 0.05) is 11.3 Å². The number of ketones is 1. The molecule has 0 aliphatic heterocycles. The highest BCUT2D eigenvalue weighted by molar-refractivity contribution is 7.99. The van der Waals surface area contributed by atoms with Gasteiger partial charge in [-0.3, -0.25) is 4.79 Å². The Hall–Kier alpha value is -1.74. The topological polar surface area (TPSA) is 26.3 Å². The first-order chi connectivity index (χ1) is 10.7. The average molecular weight is 316 g/mol. The van der Waals surface area contributed by atoms with Crippen molar-refractivity contribution in [1.29, 1.82) is 0 Å². The van der Waals surface area contributed by atoms with E-state index < -0.39 is 0 Å². The van der Waals surface area contributed by atoms with Crippen LogP contribution in [0, 0.1) is 6.92 Å². The fourth-order valence-electron chi connectivity index (χ4n) is 1.81. The molecule has 0 bridgehead atoms. The van der Waals surface area contributed by atoms with Gasteiger partial charge in [-0.2, -0.15) is 0 Å². The molecule has 0 saturated heterocycles. The molecule has 0 radical (unpaired) electrons. The summed E-state index contributed by atoms with van der Waals surface area (Å²) in [6.07, 6.45) is 0. The van der Waals surface area contributed by atoms with Gasteiger partial charge in [-0.05, 0) is 36.8 Å². The summed E-state index contributed by atoms with van der Waals surface area (Å²) in [4.78, 5) is 12.0. The molecule has 0 spiro atoms. The zero-order chi connectivity index (χ0) is 16.4. The first kappa shape index (κ1) is 18.3. The van der Waals surface area contributed by atoms with E-state index in [4.69, 9.17) is 4.74 Å². The van der Waals surface area contributed by atoms with Gasteiger partial charge in [0.2, 0.25) is 0 Å². The van der Waals surface area contributed by atoms with Crippen molar-refractivity contribution in [2.45, 2.75) is 26.5 Å². The number of hydrogen-bond donors (Lipinski definition) is 0. The van der Waals surface area contributed by atoms with E-state index in [1.807, 2.05) is 38.1 Å². The van der Waals surface area contributed by atoms with Crippen LogP contribution in [0.1, 0.15) is 35.3 Å². The molecule has 22 heavy (non-hydrogen) atoms. The highest BCUT2D eigenvalue weighted by atomic mass is 32.2. The van der Waals surface area contributed by atoms with Gasteiger partial charge >= 0.3 is 0 Å². The number of aryl methyl sites for hydroxylation is 1. The van der Waals surface area contributed by atoms with Gasteiger partial charge in [-0.15, -0.1) is 11.8 Å². The molecule has 0 aliphatic rings. The Morgan fingerprint density at radius 2 is 1.59 bits per heavy atom. The third-order valence-electron chi connectivity index (χ3n) is 3.03. The Morgan fingerprint density at radius 3 is 2.14 bits per heavy atom. The molecule has 0 N–H and O–H groups in total. The van der Waals surface area contributed by atoms with Crippen LogP contribution in [0.25, 0.3) is 0 Å². The summed E-state index contributed by atoms with van der Waals surface area (Å²) >= 11 is 1.64.